The van der Waals surface area contributed by atoms with Gasteiger partial charge in [0.25, 0.3) is 0 Å². The number of phenolic OH excluding ortho intramolecular Hbond substituents is 1. The topological polar surface area (TPSA) is 29.5 Å². The lowest BCUT2D eigenvalue weighted by Gasteiger charge is -1.94. The van der Waals surface area contributed by atoms with Crippen molar-refractivity contribution < 1.29 is 9.84 Å². The third-order valence-electron chi connectivity index (χ3n) is 1.80. The standard InChI is InChI=1S/C9H8O2S2/c1-11-9-8(12)6-4-5(10)2-3-7(6)13-9/h2-4,10,12H,1H3. The Morgan fingerprint density at radius 1 is 1.46 bits per heavy atom. The number of phenols is 1. The zero-order valence-electron chi connectivity index (χ0n) is 6.94. The summed E-state index contributed by atoms with van der Waals surface area (Å²) in [5.74, 6) is 0.253. The van der Waals surface area contributed by atoms with Gasteiger partial charge in [0.2, 0.25) is 0 Å². The van der Waals surface area contributed by atoms with Crippen molar-refractivity contribution in [2.45, 2.75) is 4.90 Å². The molecular weight excluding hydrogens is 204 g/mol. The van der Waals surface area contributed by atoms with Crippen molar-refractivity contribution in [3.63, 3.8) is 0 Å². The van der Waals surface area contributed by atoms with Crippen LogP contribution in [0.4, 0.5) is 0 Å². The largest absolute Gasteiger partial charge is 0.508 e. The monoisotopic (exact) mass is 212 g/mol. The van der Waals surface area contributed by atoms with Crippen LogP contribution < -0.4 is 4.74 Å². The van der Waals surface area contributed by atoms with Crippen molar-refractivity contribution in [3.8, 4) is 10.8 Å². The molecule has 0 aliphatic carbocycles. The van der Waals surface area contributed by atoms with Gasteiger partial charge >= 0.3 is 0 Å². The van der Waals surface area contributed by atoms with Crippen LogP contribution in [0.3, 0.4) is 0 Å². The first kappa shape index (κ1) is 8.72. The van der Waals surface area contributed by atoms with Crippen molar-refractivity contribution in [2.24, 2.45) is 0 Å². The molecule has 0 spiro atoms. The summed E-state index contributed by atoms with van der Waals surface area (Å²) in [6, 6.07) is 5.21. The molecule has 2 nitrogen and oxygen atoms in total. The van der Waals surface area contributed by atoms with Gasteiger partial charge in [0, 0.05) is 10.1 Å². The molecule has 2 rings (SSSR count). The summed E-state index contributed by atoms with van der Waals surface area (Å²) >= 11 is 5.84. The van der Waals surface area contributed by atoms with Crippen LogP contribution in [0.5, 0.6) is 10.8 Å². The molecule has 1 N–H and O–H groups in total. The minimum atomic E-state index is 0.253. The quantitative estimate of drug-likeness (QED) is 0.712. The van der Waals surface area contributed by atoms with Crippen molar-refractivity contribution in [1.82, 2.24) is 0 Å². The third kappa shape index (κ3) is 1.36. The molecule has 0 saturated heterocycles. The molecule has 68 valence electrons. The Kier molecular flexibility index (Phi) is 2.09. The summed E-state index contributed by atoms with van der Waals surface area (Å²) in [6.07, 6.45) is 0. The van der Waals surface area contributed by atoms with E-state index in [0.29, 0.717) is 0 Å². The van der Waals surface area contributed by atoms with E-state index in [9.17, 15) is 5.11 Å². The smallest absolute Gasteiger partial charge is 0.188 e. The van der Waals surface area contributed by atoms with Crippen LogP contribution in [-0.4, -0.2) is 12.2 Å². The van der Waals surface area contributed by atoms with Gasteiger partial charge in [-0.15, -0.1) is 12.6 Å². The van der Waals surface area contributed by atoms with Crippen LogP contribution >= 0.6 is 24.0 Å². The number of hydrogen-bond donors (Lipinski definition) is 2. The van der Waals surface area contributed by atoms with Crippen LogP contribution in [-0.2, 0) is 0 Å². The molecule has 0 saturated carbocycles. The molecule has 13 heavy (non-hydrogen) atoms. The number of fused-ring (bicyclic) bond motifs is 1. The average molecular weight is 212 g/mol. The highest BCUT2D eigenvalue weighted by atomic mass is 32.1. The van der Waals surface area contributed by atoms with Gasteiger partial charge in [-0.2, -0.15) is 0 Å². The van der Waals surface area contributed by atoms with Crippen LogP contribution in [0.15, 0.2) is 23.1 Å². The second-order valence-electron chi connectivity index (χ2n) is 2.62. The van der Waals surface area contributed by atoms with Gasteiger partial charge in [0.05, 0.1) is 12.0 Å². The van der Waals surface area contributed by atoms with Gasteiger partial charge in [0.1, 0.15) is 5.75 Å². The number of methoxy groups -OCH3 is 1. The number of rotatable bonds is 1. The van der Waals surface area contributed by atoms with Crippen molar-refractivity contribution in [2.75, 3.05) is 7.11 Å². The number of ether oxygens (including phenoxy) is 1. The predicted molar refractivity (Wildman–Crippen MR) is 57.3 cm³/mol. The molecule has 0 aliphatic rings. The Bertz CT molecular complexity index is 448. The highest BCUT2D eigenvalue weighted by molar-refractivity contribution is 7.81. The lowest BCUT2D eigenvalue weighted by Crippen LogP contribution is -1.76. The Morgan fingerprint density at radius 3 is 2.92 bits per heavy atom. The van der Waals surface area contributed by atoms with E-state index in [1.807, 2.05) is 6.07 Å². The summed E-state index contributed by atoms with van der Waals surface area (Å²) in [6.45, 7) is 0. The van der Waals surface area contributed by atoms with E-state index in [-0.39, 0.29) is 5.75 Å². The van der Waals surface area contributed by atoms with Gasteiger partial charge in [-0.1, -0.05) is 11.3 Å². The molecule has 0 fully saturated rings. The minimum Gasteiger partial charge on any atom is -0.508 e. The highest BCUT2D eigenvalue weighted by Crippen LogP contribution is 2.40. The molecule has 2 aromatic rings. The first-order valence-corrected chi connectivity index (χ1v) is 4.97. The van der Waals surface area contributed by atoms with Crippen molar-refractivity contribution in [3.05, 3.63) is 18.2 Å². The first-order chi connectivity index (χ1) is 6.22. The van der Waals surface area contributed by atoms with Gasteiger partial charge in [-0.05, 0) is 18.2 Å². The fourth-order valence-corrected chi connectivity index (χ4v) is 2.57. The van der Waals surface area contributed by atoms with Crippen LogP contribution in [0, 0.1) is 0 Å². The summed E-state index contributed by atoms with van der Waals surface area (Å²) < 4.78 is 6.20. The molecule has 0 radical (unpaired) electrons. The van der Waals surface area contributed by atoms with E-state index < -0.39 is 0 Å². The van der Waals surface area contributed by atoms with Gasteiger partial charge in [-0.3, -0.25) is 0 Å². The minimum absolute atomic E-state index is 0.253. The second-order valence-corrected chi connectivity index (χ2v) is 4.08. The Labute approximate surface area is 85.2 Å². The van der Waals surface area contributed by atoms with E-state index in [1.54, 1.807) is 19.2 Å². The molecule has 0 amide bonds. The number of thiol groups is 1. The Morgan fingerprint density at radius 2 is 2.23 bits per heavy atom. The molecular formula is C9H8O2S2. The van der Waals surface area contributed by atoms with E-state index in [0.717, 1.165) is 20.0 Å². The summed E-state index contributed by atoms with van der Waals surface area (Å²) in [5, 5.41) is 11.0. The maximum absolute atomic E-state index is 9.27. The SMILES string of the molecule is COc1sc2ccc(O)cc2c1S. The maximum atomic E-state index is 9.27. The number of hydrogen-bond acceptors (Lipinski definition) is 4. The predicted octanol–water partition coefficient (Wildman–Crippen LogP) is 2.90. The third-order valence-corrected chi connectivity index (χ3v) is 3.53. The lowest BCUT2D eigenvalue weighted by molar-refractivity contribution is 0.419. The average Bonchev–Trinajstić information content (AvgIpc) is 2.44. The van der Waals surface area contributed by atoms with Gasteiger partial charge in [-0.25, -0.2) is 0 Å². The van der Waals surface area contributed by atoms with Crippen LogP contribution in [0.2, 0.25) is 0 Å². The lowest BCUT2D eigenvalue weighted by atomic mass is 10.2. The summed E-state index contributed by atoms with van der Waals surface area (Å²) in [4.78, 5) is 0.790. The fourth-order valence-electron chi connectivity index (χ4n) is 1.19. The highest BCUT2D eigenvalue weighted by Gasteiger charge is 2.09. The maximum Gasteiger partial charge on any atom is 0.188 e. The molecule has 0 unspecified atom stereocenters. The van der Waals surface area contributed by atoms with E-state index in [4.69, 9.17) is 4.74 Å². The van der Waals surface area contributed by atoms with E-state index in [1.165, 1.54) is 11.3 Å². The number of benzene rings is 1. The molecule has 0 bridgehead atoms. The van der Waals surface area contributed by atoms with Crippen molar-refractivity contribution >= 4 is 34.1 Å². The first-order valence-electron chi connectivity index (χ1n) is 3.71. The fraction of sp³-hybridized carbons (Fsp3) is 0.111. The summed E-state index contributed by atoms with van der Waals surface area (Å²) in [7, 11) is 1.62. The molecule has 1 aromatic heterocycles. The molecule has 4 heteroatoms. The van der Waals surface area contributed by atoms with Crippen LogP contribution in [0.25, 0.3) is 10.1 Å². The van der Waals surface area contributed by atoms with Crippen molar-refractivity contribution in [1.29, 1.82) is 0 Å². The second kappa shape index (κ2) is 3.12. The van der Waals surface area contributed by atoms with Gasteiger partial charge < -0.3 is 9.84 Å². The molecule has 0 atom stereocenters. The summed E-state index contributed by atoms with van der Waals surface area (Å²) in [5.41, 5.74) is 0. The zero-order valence-corrected chi connectivity index (χ0v) is 8.65. The molecule has 1 heterocycles. The Balaban J connectivity index is 2.77. The Hall–Kier alpha value is -0.870. The van der Waals surface area contributed by atoms with Crippen LogP contribution in [0.1, 0.15) is 0 Å². The molecule has 0 aliphatic heterocycles. The van der Waals surface area contributed by atoms with E-state index in [2.05, 4.69) is 12.6 Å². The van der Waals surface area contributed by atoms with Gasteiger partial charge in [0.15, 0.2) is 5.06 Å². The van der Waals surface area contributed by atoms with E-state index >= 15 is 0 Å². The number of thiophene rings is 1. The molecule has 1 aromatic carbocycles. The normalized spacial score (nSPS) is 10.6. The number of aromatic hydroxyl groups is 1. The zero-order chi connectivity index (χ0) is 9.42.